The molecule has 4 nitrogen and oxygen atoms in total. The van der Waals surface area contributed by atoms with Crippen LogP contribution >= 0.6 is 0 Å². The molecule has 1 N–H and O–H groups in total. The Morgan fingerprint density at radius 1 is 1.16 bits per heavy atom. The molecule has 1 unspecified atom stereocenters. The molecule has 0 amide bonds. The van der Waals surface area contributed by atoms with Crippen LogP contribution < -0.4 is 10.2 Å². The fraction of sp³-hybridized carbons (Fsp3) is 0.733. The minimum Gasteiger partial charge on any atom is -0.337 e. The van der Waals surface area contributed by atoms with Gasteiger partial charge < -0.3 is 10.2 Å². The van der Waals surface area contributed by atoms with Crippen LogP contribution in [0.25, 0.3) is 0 Å². The predicted molar refractivity (Wildman–Crippen MR) is 77.5 cm³/mol. The van der Waals surface area contributed by atoms with Crippen molar-refractivity contribution in [3.05, 3.63) is 17.5 Å². The third-order valence-corrected chi connectivity index (χ3v) is 4.07. The Morgan fingerprint density at radius 3 is 2.58 bits per heavy atom. The van der Waals surface area contributed by atoms with Gasteiger partial charge in [-0.05, 0) is 52.0 Å². The molecule has 1 aromatic heterocycles. The number of aromatic nitrogens is 2. The molecule has 0 spiro atoms. The normalized spacial score (nSPS) is 23.7. The molecular formula is C15H24N4. The zero-order chi connectivity index (χ0) is 13.2. The molecule has 1 saturated carbocycles. The first-order valence-electron chi connectivity index (χ1n) is 7.55. The summed E-state index contributed by atoms with van der Waals surface area (Å²) in [5.41, 5.74) is 2.14. The molecule has 1 atom stereocenters. The molecule has 1 saturated heterocycles. The van der Waals surface area contributed by atoms with Crippen LogP contribution in [0.2, 0.25) is 0 Å². The molecule has 1 aromatic rings. The highest BCUT2D eigenvalue weighted by Crippen LogP contribution is 2.24. The van der Waals surface area contributed by atoms with E-state index in [1.807, 2.05) is 6.07 Å². The summed E-state index contributed by atoms with van der Waals surface area (Å²) >= 11 is 0. The van der Waals surface area contributed by atoms with Gasteiger partial charge in [0, 0.05) is 36.6 Å². The van der Waals surface area contributed by atoms with Crippen LogP contribution in [0.1, 0.15) is 43.5 Å². The summed E-state index contributed by atoms with van der Waals surface area (Å²) in [6.07, 6.45) is 6.56. The van der Waals surface area contributed by atoms with Crippen molar-refractivity contribution in [3.63, 3.8) is 0 Å². The SMILES string of the molecule is Cc1cc(C)nc(N2CCCCC2CNC2CC2)n1. The van der Waals surface area contributed by atoms with E-state index in [1.54, 1.807) is 0 Å². The number of rotatable bonds is 4. The molecule has 4 heteroatoms. The van der Waals surface area contributed by atoms with E-state index in [-0.39, 0.29) is 0 Å². The average molecular weight is 260 g/mol. The van der Waals surface area contributed by atoms with E-state index in [2.05, 4.69) is 34.0 Å². The Kier molecular flexibility index (Phi) is 3.69. The highest BCUT2D eigenvalue weighted by Gasteiger charge is 2.27. The molecule has 2 heterocycles. The summed E-state index contributed by atoms with van der Waals surface area (Å²) in [5.74, 6) is 0.930. The summed E-state index contributed by atoms with van der Waals surface area (Å²) in [7, 11) is 0. The first-order valence-corrected chi connectivity index (χ1v) is 7.55. The molecule has 0 bridgehead atoms. The van der Waals surface area contributed by atoms with E-state index in [0.29, 0.717) is 6.04 Å². The number of nitrogens with one attached hydrogen (secondary N) is 1. The van der Waals surface area contributed by atoms with E-state index >= 15 is 0 Å². The number of aryl methyl sites for hydroxylation is 2. The molecule has 0 aromatic carbocycles. The Bertz CT molecular complexity index is 422. The van der Waals surface area contributed by atoms with Gasteiger partial charge in [0.15, 0.2) is 0 Å². The molecule has 2 fully saturated rings. The Morgan fingerprint density at radius 2 is 1.89 bits per heavy atom. The lowest BCUT2D eigenvalue weighted by Gasteiger charge is -2.36. The molecule has 3 rings (SSSR count). The second-order valence-corrected chi connectivity index (χ2v) is 5.98. The fourth-order valence-corrected chi connectivity index (χ4v) is 2.90. The standard InChI is InChI=1S/C15H24N4/c1-11-9-12(2)18-15(17-11)19-8-4-3-5-14(19)10-16-13-6-7-13/h9,13-14,16H,3-8,10H2,1-2H3. The second kappa shape index (κ2) is 5.45. The average Bonchev–Trinajstić information content (AvgIpc) is 3.19. The lowest BCUT2D eigenvalue weighted by atomic mass is 10.0. The van der Waals surface area contributed by atoms with Crippen molar-refractivity contribution in [2.75, 3.05) is 18.0 Å². The van der Waals surface area contributed by atoms with Crippen LogP contribution in [-0.4, -0.2) is 35.1 Å². The first kappa shape index (κ1) is 12.9. The smallest absolute Gasteiger partial charge is 0.226 e. The molecule has 0 radical (unpaired) electrons. The van der Waals surface area contributed by atoms with Crippen molar-refractivity contribution in [1.82, 2.24) is 15.3 Å². The number of piperidine rings is 1. The minimum atomic E-state index is 0.565. The van der Waals surface area contributed by atoms with Gasteiger partial charge in [0.2, 0.25) is 5.95 Å². The Hall–Kier alpha value is -1.16. The van der Waals surface area contributed by atoms with Gasteiger partial charge in [-0.2, -0.15) is 0 Å². The maximum absolute atomic E-state index is 4.64. The van der Waals surface area contributed by atoms with Crippen LogP contribution in [0.15, 0.2) is 6.07 Å². The van der Waals surface area contributed by atoms with Crippen molar-refractivity contribution >= 4 is 5.95 Å². The quantitative estimate of drug-likeness (QED) is 0.901. The molecule has 19 heavy (non-hydrogen) atoms. The first-order chi connectivity index (χ1) is 9.22. The van der Waals surface area contributed by atoms with E-state index in [1.165, 1.54) is 32.1 Å². The highest BCUT2D eigenvalue weighted by molar-refractivity contribution is 5.34. The predicted octanol–water partition coefficient (Wildman–Crippen LogP) is 2.20. The van der Waals surface area contributed by atoms with E-state index < -0.39 is 0 Å². The van der Waals surface area contributed by atoms with Crippen molar-refractivity contribution in [2.45, 2.75) is 58.0 Å². The highest BCUT2D eigenvalue weighted by atomic mass is 15.3. The van der Waals surface area contributed by atoms with E-state index in [4.69, 9.17) is 0 Å². The molecule has 1 aliphatic heterocycles. The summed E-state index contributed by atoms with van der Waals surface area (Å²) in [5, 5.41) is 3.66. The summed E-state index contributed by atoms with van der Waals surface area (Å²) in [4.78, 5) is 11.7. The fourth-order valence-electron chi connectivity index (χ4n) is 2.90. The zero-order valence-electron chi connectivity index (χ0n) is 12.0. The lowest BCUT2D eigenvalue weighted by Crippen LogP contribution is -2.47. The van der Waals surface area contributed by atoms with Gasteiger partial charge in [-0.25, -0.2) is 9.97 Å². The largest absolute Gasteiger partial charge is 0.337 e. The lowest BCUT2D eigenvalue weighted by molar-refractivity contribution is 0.428. The summed E-state index contributed by atoms with van der Waals surface area (Å²) < 4.78 is 0. The zero-order valence-corrected chi connectivity index (χ0v) is 12.0. The van der Waals surface area contributed by atoms with Gasteiger partial charge in [-0.1, -0.05) is 0 Å². The van der Waals surface area contributed by atoms with Crippen LogP contribution in [0.3, 0.4) is 0 Å². The van der Waals surface area contributed by atoms with Gasteiger partial charge in [0.05, 0.1) is 0 Å². The third kappa shape index (κ3) is 3.24. The molecular weight excluding hydrogens is 236 g/mol. The Labute approximate surface area is 115 Å². The van der Waals surface area contributed by atoms with Crippen molar-refractivity contribution < 1.29 is 0 Å². The van der Waals surface area contributed by atoms with Gasteiger partial charge in [-0.3, -0.25) is 0 Å². The monoisotopic (exact) mass is 260 g/mol. The topological polar surface area (TPSA) is 41.1 Å². The maximum Gasteiger partial charge on any atom is 0.226 e. The van der Waals surface area contributed by atoms with Gasteiger partial charge in [-0.15, -0.1) is 0 Å². The molecule has 1 aliphatic carbocycles. The van der Waals surface area contributed by atoms with E-state index in [0.717, 1.165) is 36.5 Å². The van der Waals surface area contributed by atoms with Crippen molar-refractivity contribution in [2.24, 2.45) is 0 Å². The Balaban J connectivity index is 1.73. The van der Waals surface area contributed by atoms with Crippen LogP contribution in [-0.2, 0) is 0 Å². The second-order valence-electron chi connectivity index (χ2n) is 5.98. The third-order valence-electron chi connectivity index (χ3n) is 4.07. The molecule has 104 valence electrons. The number of nitrogens with zero attached hydrogens (tertiary/aromatic N) is 3. The van der Waals surface area contributed by atoms with Crippen LogP contribution in [0.4, 0.5) is 5.95 Å². The van der Waals surface area contributed by atoms with Crippen LogP contribution in [0, 0.1) is 13.8 Å². The van der Waals surface area contributed by atoms with Crippen LogP contribution in [0.5, 0.6) is 0 Å². The minimum absolute atomic E-state index is 0.565. The number of hydrogen-bond acceptors (Lipinski definition) is 4. The molecule has 2 aliphatic rings. The van der Waals surface area contributed by atoms with Crippen molar-refractivity contribution in [1.29, 1.82) is 0 Å². The van der Waals surface area contributed by atoms with Gasteiger partial charge in [0.25, 0.3) is 0 Å². The van der Waals surface area contributed by atoms with E-state index in [9.17, 15) is 0 Å². The van der Waals surface area contributed by atoms with Gasteiger partial charge in [0.1, 0.15) is 0 Å². The summed E-state index contributed by atoms with van der Waals surface area (Å²) in [6, 6.07) is 3.39. The number of anilines is 1. The van der Waals surface area contributed by atoms with Gasteiger partial charge >= 0.3 is 0 Å². The maximum atomic E-state index is 4.64. The van der Waals surface area contributed by atoms with Crippen molar-refractivity contribution in [3.8, 4) is 0 Å². The summed E-state index contributed by atoms with van der Waals surface area (Å²) in [6.45, 7) is 6.29. The number of hydrogen-bond donors (Lipinski definition) is 1.